The van der Waals surface area contributed by atoms with Gasteiger partial charge in [0.2, 0.25) is 11.8 Å². The van der Waals surface area contributed by atoms with E-state index >= 15 is 0 Å². The van der Waals surface area contributed by atoms with E-state index in [4.69, 9.17) is 4.74 Å². The van der Waals surface area contributed by atoms with Gasteiger partial charge in [-0.25, -0.2) is 4.98 Å². The highest BCUT2D eigenvalue weighted by Crippen LogP contribution is 2.20. The summed E-state index contributed by atoms with van der Waals surface area (Å²) in [6.07, 6.45) is 3.77. The Hall–Kier alpha value is -1.53. The van der Waals surface area contributed by atoms with Crippen LogP contribution in [0.1, 0.15) is 25.3 Å². The fraction of sp³-hybridized carbons (Fsp3) is 0.333. The predicted octanol–water partition coefficient (Wildman–Crippen LogP) is 4.43. The van der Waals surface area contributed by atoms with Crippen molar-refractivity contribution in [1.29, 1.82) is 0 Å². The van der Waals surface area contributed by atoms with Gasteiger partial charge in [0.05, 0.1) is 12.4 Å². The minimum absolute atomic E-state index is 0.00807. The minimum atomic E-state index is -0.00807. The third-order valence-electron chi connectivity index (χ3n) is 3.25. The third kappa shape index (κ3) is 6.53. The lowest BCUT2D eigenvalue weighted by molar-refractivity contribution is -0.118. The molecule has 1 aromatic heterocycles. The van der Waals surface area contributed by atoms with Gasteiger partial charge < -0.3 is 10.1 Å². The molecule has 0 aliphatic carbocycles. The van der Waals surface area contributed by atoms with Crippen molar-refractivity contribution >= 4 is 33.6 Å². The zero-order valence-corrected chi connectivity index (χ0v) is 16.0. The van der Waals surface area contributed by atoms with Gasteiger partial charge in [0.15, 0.2) is 0 Å². The average molecular weight is 409 g/mol. The van der Waals surface area contributed by atoms with E-state index in [-0.39, 0.29) is 5.91 Å². The third-order valence-corrected chi connectivity index (χ3v) is 4.79. The quantitative estimate of drug-likeness (QED) is 0.492. The fourth-order valence-electron chi connectivity index (χ4n) is 1.93. The summed E-state index contributed by atoms with van der Waals surface area (Å²) in [5.74, 6) is 0.978. The second kappa shape index (κ2) is 10.4. The first kappa shape index (κ1) is 18.8. The molecule has 0 saturated heterocycles. The summed E-state index contributed by atoms with van der Waals surface area (Å²) in [6.45, 7) is 3.19. The normalized spacial score (nSPS) is 10.4. The number of amides is 1. The van der Waals surface area contributed by atoms with Crippen LogP contribution in [-0.4, -0.2) is 23.3 Å². The van der Waals surface area contributed by atoms with Gasteiger partial charge in [-0.05, 0) is 36.8 Å². The van der Waals surface area contributed by atoms with Gasteiger partial charge in [-0.15, -0.1) is 11.8 Å². The Morgan fingerprint density at radius 3 is 2.83 bits per heavy atom. The number of nitrogens with zero attached hydrogens (tertiary/aromatic N) is 1. The first-order valence-electron chi connectivity index (χ1n) is 7.90. The van der Waals surface area contributed by atoms with Crippen LogP contribution in [0.25, 0.3) is 0 Å². The van der Waals surface area contributed by atoms with Gasteiger partial charge in [0.1, 0.15) is 0 Å². The summed E-state index contributed by atoms with van der Waals surface area (Å²) in [4.78, 5) is 17.3. The van der Waals surface area contributed by atoms with Crippen molar-refractivity contribution in [2.75, 3.05) is 12.4 Å². The van der Waals surface area contributed by atoms with E-state index in [9.17, 15) is 4.79 Å². The van der Waals surface area contributed by atoms with Crippen molar-refractivity contribution in [1.82, 2.24) is 10.3 Å². The van der Waals surface area contributed by atoms with Crippen LogP contribution in [0.15, 0.2) is 52.0 Å². The van der Waals surface area contributed by atoms with Gasteiger partial charge >= 0.3 is 0 Å². The van der Waals surface area contributed by atoms with Crippen LogP contribution in [0.3, 0.4) is 0 Å². The zero-order valence-electron chi connectivity index (χ0n) is 13.6. The zero-order chi connectivity index (χ0) is 17.2. The molecule has 0 bridgehead atoms. The van der Waals surface area contributed by atoms with Crippen LogP contribution in [0.2, 0.25) is 0 Å². The van der Waals surface area contributed by atoms with E-state index in [1.54, 1.807) is 6.20 Å². The summed E-state index contributed by atoms with van der Waals surface area (Å²) in [5, 5.41) is 2.92. The molecule has 2 rings (SSSR count). The molecular weight excluding hydrogens is 388 g/mol. The van der Waals surface area contributed by atoms with Gasteiger partial charge in [0.25, 0.3) is 0 Å². The number of hydrogen-bond acceptors (Lipinski definition) is 4. The smallest absolute Gasteiger partial charge is 0.230 e. The van der Waals surface area contributed by atoms with Gasteiger partial charge in [-0.3, -0.25) is 4.79 Å². The summed E-state index contributed by atoms with van der Waals surface area (Å²) in [5.41, 5.74) is 0.899. The number of nitrogens with one attached hydrogen (secondary N) is 1. The maximum Gasteiger partial charge on any atom is 0.230 e. The summed E-state index contributed by atoms with van der Waals surface area (Å²) in [6, 6.07) is 11.7. The van der Waals surface area contributed by atoms with Gasteiger partial charge in [-0.1, -0.05) is 35.3 Å². The Kier molecular flexibility index (Phi) is 8.12. The number of pyridine rings is 1. The molecule has 1 N–H and O–H groups in total. The number of halogens is 1. The van der Waals surface area contributed by atoms with E-state index < -0.39 is 0 Å². The Morgan fingerprint density at radius 2 is 2.08 bits per heavy atom. The second-order valence-electron chi connectivity index (χ2n) is 5.19. The van der Waals surface area contributed by atoms with E-state index in [1.165, 1.54) is 11.8 Å². The largest absolute Gasteiger partial charge is 0.477 e. The van der Waals surface area contributed by atoms with Crippen LogP contribution >= 0.6 is 27.7 Å². The molecule has 1 aromatic carbocycles. The Bertz CT molecular complexity index is 650. The lowest BCUT2D eigenvalue weighted by Crippen LogP contribution is -2.25. The number of benzene rings is 1. The van der Waals surface area contributed by atoms with Crippen LogP contribution in [-0.2, 0) is 11.3 Å². The van der Waals surface area contributed by atoms with Crippen LogP contribution in [0.5, 0.6) is 5.88 Å². The number of aromatic nitrogens is 1. The van der Waals surface area contributed by atoms with E-state index in [1.807, 2.05) is 36.4 Å². The molecular formula is C18H21BrN2O2S. The number of carbonyl (C=O) groups is 1. The SMILES string of the molecule is CCCCOc1ncccc1CNC(=O)CSc1ccc(Br)cc1. The highest BCUT2D eigenvalue weighted by atomic mass is 79.9. The molecule has 1 amide bonds. The molecule has 0 atom stereocenters. The van der Waals surface area contributed by atoms with Crippen molar-refractivity contribution < 1.29 is 9.53 Å². The Balaban J connectivity index is 1.79. The van der Waals surface area contributed by atoms with Crippen LogP contribution in [0.4, 0.5) is 0 Å². The number of thioether (sulfide) groups is 1. The second-order valence-corrected chi connectivity index (χ2v) is 7.15. The molecule has 0 saturated carbocycles. The number of hydrogen-bond donors (Lipinski definition) is 1. The molecule has 24 heavy (non-hydrogen) atoms. The lowest BCUT2D eigenvalue weighted by Gasteiger charge is -2.10. The monoisotopic (exact) mass is 408 g/mol. The molecule has 0 spiro atoms. The summed E-state index contributed by atoms with van der Waals surface area (Å²) in [7, 11) is 0. The molecule has 2 aromatic rings. The number of rotatable bonds is 9. The molecule has 0 aliphatic heterocycles. The molecule has 6 heteroatoms. The molecule has 4 nitrogen and oxygen atoms in total. The topological polar surface area (TPSA) is 51.2 Å². The van der Waals surface area contributed by atoms with Crippen LogP contribution in [0, 0.1) is 0 Å². The minimum Gasteiger partial charge on any atom is -0.477 e. The Morgan fingerprint density at radius 1 is 1.29 bits per heavy atom. The molecule has 0 radical (unpaired) electrons. The first-order valence-corrected chi connectivity index (χ1v) is 9.68. The molecule has 128 valence electrons. The van der Waals surface area contributed by atoms with Crippen molar-refractivity contribution in [2.24, 2.45) is 0 Å². The predicted molar refractivity (Wildman–Crippen MR) is 101 cm³/mol. The van der Waals surface area contributed by atoms with Crippen molar-refractivity contribution in [2.45, 2.75) is 31.2 Å². The highest BCUT2D eigenvalue weighted by Gasteiger charge is 2.07. The van der Waals surface area contributed by atoms with E-state index in [2.05, 4.69) is 33.2 Å². The summed E-state index contributed by atoms with van der Waals surface area (Å²) < 4.78 is 6.71. The Labute approximate surface area is 155 Å². The maximum atomic E-state index is 12.0. The van der Waals surface area contributed by atoms with E-state index in [0.717, 1.165) is 27.8 Å². The molecule has 0 unspecified atom stereocenters. The molecule has 1 heterocycles. The highest BCUT2D eigenvalue weighted by molar-refractivity contribution is 9.10. The maximum absolute atomic E-state index is 12.0. The van der Waals surface area contributed by atoms with E-state index in [0.29, 0.717) is 24.8 Å². The average Bonchev–Trinajstić information content (AvgIpc) is 2.60. The lowest BCUT2D eigenvalue weighted by atomic mass is 10.2. The molecule has 0 aliphatic rings. The summed E-state index contributed by atoms with van der Waals surface area (Å²) >= 11 is 4.91. The van der Waals surface area contributed by atoms with Crippen molar-refractivity contribution in [3.63, 3.8) is 0 Å². The van der Waals surface area contributed by atoms with Gasteiger partial charge in [-0.2, -0.15) is 0 Å². The number of unbranched alkanes of at least 4 members (excludes halogenated alkanes) is 1. The van der Waals surface area contributed by atoms with Crippen LogP contribution < -0.4 is 10.1 Å². The van der Waals surface area contributed by atoms with Crippen molar-refractivity contribution in [3.8, 4) is 5.88 Å². The number of ether oxygens (including phenoxy) is 1. The first-order chi connectivity index (χ1) is 11.7. The fourth-order valence-corrected chi connectivity index (χ4v) is 2.92. The molecule has 0 fully saturated rings. The van der Waals surface area contributed by atoms with Crippen molar-refractivity contribution in [3.05, 3.63) is 52.6 Å². The van der Waals surface area contributed by atoms with Gasteiger partial charge in [0, 0.05) is 27.7 Å². The standard InChI is InChI=1S/C18H21BrN2O2S/c1-2-3-11-23-18-14(5-4-10-20-18)12-21-17(22)13-24-16-8-6-15(19)7-9-16/h4-10H,2-3,11-13H2,1H3,(H,21,22). The number of carbonyl (C=O) groups excluding carboxylic acids is 1.